The molecule has 0 unspecified atom stereocenters. The highest BCUT2D eigenvalue weighted by Crippen LogP contribution is 2.07. The summed E-state index contributed by atoms with van der Waals surface area (Å²) in [6.45, 7) is 0.836. The van der Waals surface area contributed by atoms with E-state index in [-0.39, 0.29) is 12.5 Å². The summed E-state index contributed by atoms with van der Waals surface area (Å²) in [7, 11) is 1.74. The molecule has 3 N–H and O–H groups in total. The maximum absolute atomic E-state index is 12.0. The predicted molar refractivity (Wildman–Crippen MR) is 72.9 cm³/mol. The standard InChI is InChI=1S/C14H20N2O3/c1-16(9-3-2-4-10-17)14(19)12-7-5-11(6-8-12)13(15)18/h5-8,17H,2-4,9-10H2,1H3,(H2,15,18). The molecule has 19 heavy (non-hydrogen) atoms. The van der Waals surface area contributed by atoms with Crippen molar-refractivity contribution in [3.05, 3.63) is 35.4 Å². The van der Waals surface area contributed by atoms with Gasteiger partial charge in [-0.05, 0) is 43.5 Å². The molecule has 0 saturated carbocycles. The van der Waals surface area contributed by atoms with Gasteiger partial charge < -0.3 is 15.7 Å². The van der Waals surface area contributed by atoms with Gasteiger partial charge in [0.15, 0.2) is 0 Å². The van der Waals surface area contributed by atoms with E-state index < -0.39 is 5.91 Å². The van der Waals surface area contributed by atoms with Gasteiger partial charge in [-0.1, -0.05) is 0 Å². The van der Waals surface area contributed by atoms with Gasteiger partial charge in [-0.15, -0.1) is 0 Å². The number of unbranched alkanes of at least 4 members (excludes halogenated alkanes) is 2. The number of nitrogens with two attached hydrogens (primary N) is 1. The lowest BCUT2D eigenvalue weighted by Gasteiger charge is -2.17. The van der Waals surface area contributed by atoms with Crippen LogP contribution in [0.1, 0.15) is 40.0 Å². The van der Waals surface area contributed by atoms with Gasteiger partial charge in [-0.25, -0.2) is 0 Å². The van der Waals surface area contributed by atoms with Crippen molar-refractivity contribution in [2.45, 2.75) is 19.3 Å². The summed E-state index contributed by atoms with van der Waals surface area (Å²) in [5, 5.41) is 8.67. The van der Waals surface area contributed by atoms with Gasteiger partial charge in [-0.2, -0.15) is 0 Å². The lowest BCUT2D eigenvalue weighted by atomic mass is 10.1. The number of benzene rings is 1. The van der Waals surface area contributed by atoms with Crippen LogP contribution in [-0.2, 0) is 0 Å². The topological polar surface area (TPSA) is 83.6 Å². The minimum absolute atomic E-state index is 0.0833. The van der Waals surface area contributed by atoms with Crippen molar-refractivity contribution in [1.82, 2.24) is 4.90 Å². The number of carbonyl (C=O) groups is 2. The highest BCUT2D eigenvalue weighted by atomic mass is 16.3. The number of aliphatic hydroxyl groups excluding tert-OH is 1. The molecule has 0 atom stereocenters. The molecule has 1 aromatic rings. The second-order valence-electron chi connectivity index (χ2n) is 4.45. The number of aliphatic hydroxyl groups is 1. The zero-order valence-corrected chi connectivity index (χ0v) is 11.1. The van der Waals surface area contributed by atoms with E-state index in [9.17, 15) is 9.59 Å². The number of rotatable bonds is 7. The third-order valence-electron chi connectivity index (χ3n) is 2.91. The summed E-state index contributed by atoms with van der Waals surface area (Å²) in [5.41, 5.74) is 6.07. The summed E-state index contributed by atoms with van der Waals surface area (Å²) in [6, 6.07) is 6.31. The van der Waals surface area contributed by atoms with Gasteiger partial charge in [0.2, 0.25) is 5.91 Å². The highest BCUT2D eigenvalue weighted by molar-refractivity contribution is 5.97. The summed E-state index contributed by atoms with van der Waals surface area (Å²) in [6.07, 6.45) is 2.52. The van der Waals surface area contributed by atoms with Crippen LogP contribution in [-0.4, -0.2) is 42.0 Å². The second-order valence-corrected chi connectivity index (χ2v) is 4.45. The van der Waals surface area contributed by atoms with E-state index in [1.54, 1.807) is 36.2 Å². The number of hydrogen-bond acceptors (Lipinski definition) is 3. The molecule has 0 aliphatic rings. The lowest BCUT2D eigenvalue weighted by molar-refractivity contribution is 0.0791. The Kier molecular flexibility index (Phi) is 6.02. The molecule has 0 heterocycles. The maximum Gasteiger partial charge on any atom is 0.253 e. The van der Waals surface area contributed by atoms with Gasteiger partial charge >= 0.3 is 0 Å². The predicted octanol–water partition coefficient (Wildman–Crippen LogP) is 1.02. The van der Waals surface area contributed by atoms with Gasteiger partial charge in [0.25, 0.3) is 5.91 Å². The van der Waals surface area contributed by atoms with Crippen molar-refractivity contribution in [2.24, 2.45) is 5.73 Å². The first kappa shape index (κ1) is 15.2. The van der Waals surface area contributed by atoms with E-state index in [1.165, 1.54) is 0 Å². The number of nitrogens with zero attached hydrogens (tertiary/aromatic N) is 1. The monoisotopic (exact) mass is 264 g/mol. The first-order valence-corrected chi connectivity index (χ1v) is 6.32. The second kappa shape index (κ2) is 7.53. The maximum atomic E-state index is 12.0. The zero-order chi connectivity index (χ0) is 14.3. The Morgan fingerprint density at radius 1 is 1.11 bits per heavy atom. The van der Waals surface area contributed by atoms with Crippen LogP contribution in [0.3, 0.4) is 0 Å². The highest BCUT2D eigenvalue weighted by Gasteiger charge is 2.11. The summed E-state index contributed by atoms with van der Waals surface area (Å²) in [5.74, 6) is -0.587. The smallest absolute Gasteiger partial charge is 0.253 e. The van der Waals surface area contributed by atoms with Crippen LogP contribution < -0.4 is 5.73 Å². The van der Waals surface area contributed by atoms with Gasteiger partial charge in [0.1, 0.15) is 0 Å². The van der Waals surface area contributed by atoms with Gasteiger partial charge in [0.05, 0.1) is 0 Å². The molecular formula is C14H20N2O3. The Morgan fingerprint density at radius 3 is 2.21 bits per heavy atom. The van der Waals surface area contributed by atoms with E-state index in [0.29, 0.717) is 17.7 Å². The van der Waals surface area contributed by atoms with Crippen molar-refractivity contribution in [3.8, 4) is 0 Å². The molecule has 0 radical (unpaired) electrons. The molecular weight excluding hydrogens is 244 g/mol. The minimum Gasteiger partial charge on any atom is -0.396 e. The summed E-state index contributed by atoms with van der Waals surface area (Å²) in [4.78, 5) is 24.6. The van der Waals surface area contributed by atoms with Crippen molar-refractivity contribution < 1.29 is 14.7 Å². The molecule has 5 nitrogen and oxygen atoms in total. The minimum atomic E-state index is -0.503. The molecule has 0 bridgehead atoms. The molecule has 1 aromatic carbocycles. The zero-order valence-electron chi connectivity index (χ0n) is 11.1. The van der Waals surface area contributed by atoms with E-state index in [4.69, 9.17) is 10.8 Å². The fourth-order valence-corrected chi connectivity index (χ4v) is 1.74. The van der Waals surface area contributed by atoms with Crippen LogP contribution in [0.5, 0.6) is 0 Å². The molecule has 1 rings (SSSR count). The van der Waals surface area contributed by atoms with Crippen LogP contribution >= 0.6 is 0 Å². The van der Waals surface area contributed by atoms with E-state index in [1.807, 2.05) is 0 Å². The molecule has 0 aromatic heterocycles. The van der Waals surface area contributed by atoms with Crippen molar-refractivity contribution in [2.75, 3.05) is 20.2 Å². The van der Waals surface area contributed by atoms with Crippen molar-refractivity contribution in [1.29, 1.82) is 0 Å². The van der Waals surface area contributed by atoms with Crippen LogP contribution in [0.25, 0.3) is 0 Å². The molecule has 104 valence electrons. The molecule has 0 aliphatic carbocycles. The largest absolute Gasteiger partial charge is 0.396 e. The Morgan fingerprint density at radius 2 is 1.68 bits per heavy atom. The Hall–Kier alpha value is -1.88. The third kappa shape index (κ3) is 4.71. The van der Waals surface area contributed by atoms with Crippen LogP contribution in [0.2, 0.25) is 0 Å². The Bertz CT molecular complexity index is 429. The van der Waals surface area contributed by atoms with Gasteiger partial charge in [0, 0.05) is 31.3 Å². The molecule has 0 saturated heterocycles. The normalized spacial score (nSPS) is 10.2. The third-order valence-corrected chi connectivity index (χ3v) is 2.91. The number of amides is 2. The fraction of sp³-hybridized carbons (Fsp3) is 0.429. The lowest BCUT2D eigenvalue weighted by Crippen LogP contribution is -2.27. The number of carbonyl (C=O) groups excluding carboxylic acids is 2. The van der Waals surface area contributed by atoms with Gasteiger partial charge in [-0.3, -0.25) is 9.59 Å². The average Bonchev–Trinajstić information content (AvgIpc) is 2.42. The Balaban J connectivity index is 2.54. The molecule has 0 spiro atoms. The van der Waals surface area contributed by atoms with E-state index in [2.05, 4.69) is 0 Å². The van der Waals surface area contributed by atoms with Crippen molar-refractivity contribution in [3.63, 3.8) is 0 Å². The van der Waals surface area contributed by atoms with Crippen LogP contribution in [0.4, 0.5) is 0 Å². The average molecular weight is 264 g/mol. The van der Waals surface area contributed by atoms with Crippen molar-refractivity contribution >= 4 is 11.8 Å². The first-order chi connectivity index (χ1) is 9.06. The Labute approximate surface area is 113 Å². The molecule has 5 heteroatoms. The number of hydrogen-bond donors (Lipinski definition) is 2. The van der Waals surface area contributed by atoms with E-state index in [0.717, 1.165) is 19.3 Å². The number of primary amides is 1. The molecule has 0 aliphatic heterocycles. The summed E-state index contributed by atoms with van der Waals surface area (Å²) < 4.78 is 0. The first-order valence-electron chi connectivity index (χ1n) is 6.32. The van der Waals surface area contributed by atoms with Crippen LogP contribution in [0, 0.1) is 0 Å². The molecule has 2 amide bonds. The van der Waals surface area contributed by atoms with Crippen LogP contribution in [0.15, 0.2) is 24.3 Å². The summed E-state index contributed by atoms with van der Waals surface area (Å²) >= 11 is 0. The fourth-order valence-electron chi connectivity index (χ4n) is 1.74. The van der Waals surface area contributed by atoms with E-state index >= 15 is 0 Å². The quantitative estimate of drug-likeness (QED) is 0.721. The molecule has 0 fully saturated rings. The SMILES string of the molecule is CN(CCCCCO)C(=O)c1ccc(C(N)=O)cc1.